The number of carbonyl (C=O) groups is 1. The second-order valence-corrected chi connectivity index (χ2v) is 7.40. The summed E-state index contributed by atoms with van der Waals surface area (Å²) >= 11 is 1.43. The van der Waals surface area contributed by atoms with Crippen LogP contribution in [0.25, 0.3) is 21.5 Å². The summed E-state index contributed by atoms with van der Waals surface area (Å²) in [7, 11) is 3.22. The quantitative estimate of drug-likeness (QED) is 0.473. The Labute approximate surface area is 177 Å². The van der Waals surface area contributed by atoms with Gasteiger partial charge in [-0.05, 0) is 18.1 Å². The highest BCUT2D eigenvalue weighted by Crippen LogP contribution is 2.29. The number of aromatic nitrogens is 4. The first-order valence-electron chi connectivity index (χ1n) is 9.34. The van der Waals surface area contributed by atoms with E-state index < -0.39 is 0 Å². The molecular weight excluding hydrogens is 400 g/mol. The predicted octanol–water partition coefficient (Wildman–Crippen LogP) is 3.17. The van der Waals surface area contributed by atoms with E-state index >= 15 is 0 Å². The van der Waals surface area contributed by atoms with E-state index in [0.29, 0.717) is 17.3 Å². The van der Waals surface area contributed by atoms with Crippen molar-refractivity contribution in [2.75, 3.05) is 26.0 Å². The number of carbonyl (C=O) groups excluding carboxylic acids is 1. The van der Waals surface area contributed by atoms with E-state index in [2.05, 4.69) is 30.6 Å². The summed E-state index contributed by atoms with van der Waals surface area (Å²) < 4.78 is 5.14. The molecule has 0 fully saturated rings. The van der Waals surface area contributed by atoms with Crippen molar-refractivity contribution in [2.24, 2.45) is 0 Å². The van der Waals surface area contributed by atoms with Gasteiger partial charge in [0, 0.05) is 31.2 Å². The Morgan fingerprint density at radius 2 is 2.07 bits per heavy atom. The highest BCUT2D eigenvalue weighted by molar-refractivity contribution is 7.16. The third-order valence-corrected chi connectivity index (χ3v) is 5.59. The van der Waals surface area contributed by atoms with Crippen LogP contribution in [0.2, 0.25) is 0 Å². The van der Waals surface area contributed by atoms with Crippen molar-refractivity contribution in [1.29, 1.82) is 0 Å². The second-order valence-electron chi connectivity index (χ2n) is 6.41. The molecule has 0 aliphatic heterocycles. The Bertz CT molecular complexity index is 1190. The molecule has 0 radical (unpaired) electrons. The van der Waals surface area contributed by atoms with Crippen molar-refractivity contribution in [1.82, 2.24) is 25.3 Å². The van der Waals surface area contributed by atoms with E-state index in [1.807, 2.05) is 24.3 Å². The first-order valence-corrected chi connectivity index (χ1v) is 10.2. The van der Waals surface area contributed by atoms with Gasteiger partial charge >= 0.3 is 0 Å². The maximum Gasteiger partial charge on any atom is 0.273 e. The lowest BCUT2D eigenvalue weighted by atomic mass is 10.0. The number of hydrogen-bond acceptors (Lipinski definition) is 8. The van der Waals surface area contributed by atoms with E-state index in [4.69, 9.17) is 4.74 Å². The van der Waals surface area contributed by atoms with Crippen LogP contribution >= 0.6 is 11.3 Å². The maximum absolute atomic E-state index is 12.1. The molecule has 1 aromatic carbocycles. The van der Waals surface area contributed by atoms with Crippen LogP contribution in [-0.2, 0) is 6.42 Å². The van der Waals surface area contributed by atoms with Crippen LogP contribution in [0, 0.1) is 0 Å². The van der Waals surface area contributed by atoms with Crippen LogP contribution in [0.3, 0.4) is 0 Å². The molecule has 0 spiro atoms. The number of benzene rings is 1. The van der Waals surface area contributed by atoms with Crippen LogP contribution in [0.1, 0.15) is 15.9 Å². The van der Waals surface area contributed by atoms with E-state index in [9.17, 15) is 4.79 Å². The van der Waals surface area contributed by atoms with E-state index in [1.165, 1.54) is 17.7 Å². The molecular formula is C21H20N6O2S. The van der Waals surface area contributed by atoms with Crippen molar-refractivity contribution >= 4 is 34.0 Å². The molecule has 3 heterocycles. The standard InChI is InChI=1S/C21H20N6O2S/c1-22-20(28)15-7-9-24-19-13(4-3-5-14(15)19)6-8-23-18-10-16(26-12-27-18)17-11-25-21(29-2)30-17/h3-5,7,9-12H,6,8H2,1-2H3,(H,22,28)(H,23,26,27). The van der Waals surface area contributed by atoms with Gasteiger partial charge < -0.3 is 15.4 Å². The average Bonchev–Trinajstić information content (AvgIpc) is 3.28. The van der Waals surface area contributed by atoms with E-state index in [0.717, 1.165) is 39.3 Å². The minimum absolute atomic E-state index is 0.120. The number of methoxy groups -OCH3 is 1. The molecule has 0 atom stereocenters. The summed E-state index contributed by atoms with van der Waals surface area (Å²) in [4.78, 5) is 30.3. The summed E-state index contributed by atoms with van der Waals surface area (Å²) in [5.41, 5.74) is 3.31. The minimum Gasteiger partial charge on any atom is -0.473 e. The molecule has 0 aliphatic carbocycles. The van der Waals surface area contributed by atoms with Gasteiger partial charge in [-0.1, -0.05) is 29.5 Å². The fourth-order valence-corrected chi connectivity index (χ4v) is 3.85. The van der Waals surface area contributed by atoms with Gasteiger partial charge in [0.05, 0.1) is 35.0 Å². The molecule has 0 aliphatic rings. The van der Waals surface area contributed by atoms with E-state index in [1.54, 1.807) is 32.6 Å². The summed E-state index contributed by atoms with van der Waals surface area (Å²) in [5, 5.41) is 7.45. The van der Waals surface area contributed by atoms with Gasteiger partial charge in [-0.25, -0.2) is 15.0 Å². The highest BCUT2D eigenvalue weighted by atomic mass is 32.1. The lowest BCUT2D eigenvalue weighted by molar-refractivity contribution is 0.0964. The molecule has 4 aromatic rings. The molecule has 152 valence electrons. The fourth-order valence-electron chi connectivity index (χ4n) is 3.16. The van der Waals surface area contributed by atoms with Crippen LogP contribution in [-0.4, -0.2) is 46.5 Å². The number of fused-ring (bicyclic) bond motifs is 1. The van der Waals surface area contributed by atoms with Crippen molar-refractivity contribution in [3.63, 3.8) is 0 Å². The van der Waals surface area contributed by atoms with Crippen LogP contribution in [0.4, 0.5) is 5.82 Å². The number of nitrogens with zero attached hydrogens (tertiary/aromatic N) is 4. The van der Waals surface area contributed by atoms with Crippen molar-refractivity contribution in [2.45, 2.75) is 6.42 Å². The van der Waals surface area contributed by atoms with Crippen LogP contribution in [0.5, 0.6) is 5.19 Å². The zero-order valence-corrected chi connectivity index (χ0v) is 17.4. The first-order chi connectivity index (χ1) is 14.7. The monoisotopic (exact) mass is 420 g/mol. The second kappa shape index (κ2) is 8.83. The van der Waals surface area contributed by atoms with Crippen LogP contribution < -0.4 is 15.4 Å². The Balaban J connectivity index is 1.49. The fraction of sp³-hybridized carbons (Fsp3) is 0.190. The number of amides is 1. The summed E-state index contributed by atoms with van der Waals surface area (Å²) in [6.07, 6.45) is 5.67. The van der Waals surface area contributed by atoms with Gasteiger partial charge in [0.25, 0.3) is 11.1 Å². The number of hydrogen-bond donors (Lipinski definition) is 2. The number of anilines is 1. The number of nitrogens with one attached hydrogen (secondary N) is 2. The topological polar surface area (TPSA) is 102 Å². The summed E-state index contributed by atoms with van der Waals surface area (Å²) in [5.74, 6) is 0.609. The summed E-state index contributed by atoms with van der Waals surface area (Å²) in [6.45, 7) is 0.660. The molecule has 30 heavy (non-hydrogen) atoms. The van der Waals surface area contributed by atoms with Crippen molar-refractivity contribution in [3.05, 3.63) is 60.2 Å². The maximum atomic E-state index is 12.1. The Kier molecular flexibility index (Phi) is 5.80. The Hall–Kier alpha value is -3.59. The molecule has 2 N–H and O–H groups in total. The molecule has 8 nitrogen and oxygen atoms in total. The SMILES string of the molecule is CNC(=O)c1ccnc2c(CCNc3cc(-c4cnc(OC)s4)ncn3)cccc12. The normalized spacial score (nSPS) is 10.7. The van der Waals surface area contributed by atoms with Gasteiger partial charge in [0.15, 0.2) is 0 Å². The number of rotatable bonds is 7. The zero-order valence-electron chi connectivity index (χ0n) is 16.5. The average molecular weight is 420 g/mol. The number of para-hydroxylation sites is 1. The van der Waals surface area contributed by atoms with Crippen LogP contribution in [0.15, 0.2) is 49.1 Å². The minimum atomic E-state index is -0.120. The first kappa shape index (κ1) is 19.7. The predicted molar refractivity (Wildman–Crippen MR) is 117 cm³/mol. The van der Waals surface area contributed by atoms with Crippen molar-refractivity contribution in [3.8, 4) is 15.8 Å². The van der Waals surface area contributed by atoms with Gasteiger partial charge in [0.1, 0.15) is 12.1 Å². The number of thiazole rings is 1. The Morgan fingerprint density at radius 1 is 1.17 bits per heavy atom. The van der Waals surface area contributed by atoms with Gasteiger partial charge in [-0.2, -0.15) is 0 Å². The summed E-state index contributed by atoms with van der Waals surface area (Å²) in [6, 6.07) is 9.52. The largest absolute Gasteiger partial charge is 0.473 e. The lowest BCUT2D eigenvalue weighted by Gasteiger charge is -2.10. The third-order valence-electron chi connectivity index (χ3n) is 4.61. The Morgan fingerprint density at radius 3 is 2.87 bits per heavy atom. The molecule has 9 heteroatoms. The lowest BCUT2D eigenvalue weighted by Crippen LogP contribution is -2.18. The molecule has 0 saturated carbocycles. The van der Waals surface area contributed by atoms with Gasteiger partial charge in [-0.3, -0.25) is 9.78 Å². The third kappa shape index (κ3) is 4.06. The molecule has 1 amide bonds. The molecule has 4 rings (SSSR count). The molecule has 0 unspecified atom stereocenters. The van der Waals surface area contributed by atoms with Gasteiger partial charge in [-0.15, -0.1) is 0 Å². The number of pyridine rings is 1. The molecule has 3 aromatic heterocycles. The number of ether oxygens (including phenoxy) is 1. The van der Waals surface area contributed by atoms with E-state index in [-0.39, 0.29) is 5.91 Å². The smallest absolute Gasteiger partial charge is 0.273 e. The highest BCUT2D eigenvalue weighted by Gasteiger charge is 2.11. The zero-order chi connectivity index (χ0) is 20.9. The molecule has 0 saturated heterocycles. The van der Waals surface area contributed by atoms with Gasteiger partial charge in [0.2, 0.25) is 0 Å². The molecule has 0 bridgehead atoms. The van der Waals surface area contributed by atoms with Crippen molar-refractivity contribution < 1.29 is 9.53 Å².